The van der Waals surface area contributed by atoms with Gasteiger partial charge in [-0.2, -0.15) is 0 Å². The van der Waals surface area contributed by atoms with Gasteiger partial charge < -0.3 is 10.4 Å². The number of nitrogens with zero attached hydrogens (tertiary/aromatic N) is 2. The van der Waals surface area contributed by atoms with Gasteiger partial charge in [0.05, 0.1) is 22.6 Å². The minimum Gasteiger partial charge on any atom is -0.481 e. The standard InChI is InChI=1S/C24H21N3O5S2/c1-13-7-8-16(14(2)11-13)25-18(28)12-27-17-6-4-3-5-15(17)20(22(27)31)21-23(32)26(24(33)34-21)10-9-19(29)30/h3-8,11H,9-10,12H2,1-2H3,(H,25,28)(H,29,30)/b21-20+. The van der Waals surface area contributed by atoms with Crippen molar-refractivity contribution in [3.63, 3.8) is 0 Å². The molecular formula is C24H21N3O5S2. The molecule has 10 heteroatoms. The van der Waals surface area contributed by atoms with Crippen LogP contribution in [0.2, 0.25) is 0 Å². The summed E-state index contributed by atoms with van der Waals surface area (Å²) in [7, 11) is 0. The van der Waals surface area contributed by atoms with Crippen LogP contribution in [0.4, 0.5) is 11.4 Å². The van der Waals surface area contributed by atoms with E-state index in [1.54, 1.807) is 24.3 Å². The molecule has 0 atom stereocenters. The number of amides is 3. The van der Waals surface area contributed by atoms with E-state index in [0.29, 0.717) is 16.9 Å². The molecule has 3 amide bonds. The molecule has 0 saturated carbocycles. The van der Waals surface area contributed by atoms with Crippen LogP contribution >= 0.6 is 24.0 Å². The zero-order chi connectivity index (χ0) is 24.6. The van der Waals surface area contributed by atoms with Crippen molar-refractivity contribution < 1.29 is 24.3 Å². The van der Waals surface area contributed by atoms with Crippen LogP contribution in [0.15, 0.2) is 47.4 Å². The van der Waals surface area contributed by atoms with Gasteiger partial charge in [0.1, 0.15) is 10.9 Å². The van der Waals surface area contributed by atoms with Crippen molar-refractivity contribution in [3.05, 3.63) is 64.1 Å². The molecule has 0 unspecified atom stereocenters. The first-order chi connectivity index (χ1) is 16.2. The summed E-state index contributed by atoms with van der Waals surface area (Å²) in [4.78, 5) is 52.9. The third-order valence-corrected chi connectivity index (χ3v) is 6.95. The molecule has 2 N–H and O–H groups in total. The quantitative estimate of drug-likeness (QED) is 0.468. The molecular weight excluding hydrogens is 474 g/mol. The number of carboxylic acid groups (broad SMARTS) is 1. The Hall–Kier alpha value is -3.50. The fourth-order valence-electron chi connectivity index (χ4n) is 3.89. The lowest BCUT2D eigenvalue weighted by atomic mass is 10.1. The van der Waals surface area contributed by atoms with Crippen molar-refractivity contribution in [1.82, 2.24) is 4.90 Å². The highest BCUT2D eigenvalue weighted by Gasteiger charge is 2.42. The van der Waals surface area contributed by atoms with Crippen LogP contribution in [0.3, 0.4) is 0 Å². The van der Waals surface area contributed by atoms with Crippen LogP contribution in [0.1, 0.15) is 23.1 Å². The molecule has 34 heavy (non-hydrogen) atoms. The molecule has 0 aromatic heterocycles. The highest BCUT2D eigenvalue weighted by atomic mass is 32.2. The van der Waals surface area contributed by atoms with E-state index in [2.05, 4.69) is 5.32 Å². The van der Waals surface area contributed by atoms with Crippen molar-refractivity contribution in [2.45, 2.75) is 20.3 Å². The number of carboxylic acids is 1. The van der Waals surface area contributed by atoms with Crippen molar-refractivity contribution in [1.29, 1.82) is 0 Å². The van der Waals surface area contributed by atoms with E-state index in [9.17, 15) is 19.2 Å². The topological polar surface area (TPSA) is 107 Å². The molecule has 2 aromatic rings. The lowest BCUT2D eigenvalue weighted by Crippen LogP contribution is -2.36. The molecule has 0 radical (unpaired) electrons. The van der Waals surface area contributed by atoms with E-state index >= 15 is 0 Å². The number of para-hydroxylation sites is 1. The maximum Gasteiger partial charge on any atom is 0.305 e. The van der Waals surface area contributed by atoms with Gasteiger partial charge in [-0.05, 0) is 31.5 Å². The van der Waals surface area contributed by atoms with Crippen LogP contribution < -0.4 is 10.2 Å². The number of carbonyl (C=O) groups is 4. The van der Waals surface area contributed by atoms with Crippen LogP contribution in [0, 0.1) is 13.8 Å². The normalized spacial score (nSPS) is 17.4. The Morgan fingerprint density at radius 3 is 2.50 bits per heavy atom. The Balaban J connectivity index is 1.62. The maximum absolute atomic E-state index is 13.4. The maximum atomic E-state index is 13.4. The average molecular weight is 496 g/mol. The van der Waals surface area contributed by atoms with Crippen molar-refractivity contribution >= 4 is 68.9 Å². The first kappa shape index (κ1) is 23.7. The summed E-state index contributed by atoms with van der Waals surface area (Å²) in [6.45, 7) is 3.55. The first-order valence-electron chi connectivity index (χ1n) is 10.5. The number of aryl methyl sites for hydroxylation is 2. The van der Waals surface area contributed by atoms with E-state index in [4.69, 9.17) is 17.3 Å². The Kier molecular flexibility index (Phi) is 6.54. The summed E-state index contributed by atoms with van der Waals surface area (Å²) >= 11 is 6.24. The Labute approximate surface area is 205 Å². The lowest BCUT2D eigenvalue weighted by Gasteiger charge is -2.17. The number of benzene rings is 2. The number of hydrogen-bond donors (Lipinski definition) is 2. The number of nitrogens with one attached hydrogen (secondary N) is 1. The molecule has 4 rings (SSSR count). The summed E-state index contributed by atoms with van der Waals surface area (Å²) in [5.74, 6) is -2.40. The van der Waals surface area contributed by atoms with E-state index in [0.717, 1.165) is 22.9 Å². The third kappa shape index (κ3) is 4.46. The number of hydrogen-bond acceptors (Lipinski definition) is 6. The molecule has 0 aliphatic carbocycles. The predicted octanol–water partition coefficient (Wildman–Crippen LogP) is 3.33. The molecule has 8 nitrogen and oxygen atoms in total. The number of aliphatic carboxylic acids is 1. The SMILES string of the molecule is Cc1ccc(NC(=O)CN2C(=O)/C(=C3/SC(=S)N(CCC(=O)O)C3=O)c3ccccc32)c(C)c1. The van der Waals surface area contributed by atoms with Crippen LogP contribution in [0.25, 0.3) is 5.57 Å². The van der Waals surface area contributed by atoms with Crippen molar-refractivity contribution in [3.8, 4) is 0 Å². The zero-order valence-corrected chi connectivity index (χ0v) is 20.1. The van der Waals surface area contributed by atoms with Crippen LogP contribution in [-0.2, 0) is 19.2 Å². The number of rotatable bonds is 6. The predicted molar refractivity (Wildman–Crippen MR) is 134 cm³/mol. The zero-order valence-electron chi connectivity index (χ0n) is 18.5. The molecule has 2 aliphatic rings. The highest BCUT2D eigenvalue weighted by molar-refractivity contribution is 8.26. The van der Waals surface area contributed by atoms with Gasteiger partial charge in [-0.15, -0.1) is 0 Å². The summed E-state index contributed by atoms with van der Waals surface area (Å²) in [6, 6.07) is 12.6. The minimum atomic E-state index is -1.05. The number of thiocarbonyl (C=S) groups is 1. The molecule has 0 spiro atoms. The average Bonchev–Trinajstić information content (AvgIpc) is 3.21. The fraction of sp³-hybridized carbons (Fsp3) is 0.208. The smallest absolute Gasteiger partial charge is 0.305 e. The molecule has 174 valence electrons. The first-order valence-corrected chi connectivity index (χ1v) is 11.7. The number of fused-ring (bicyclic) bond motifs is 1. The second-order valence-corrected chi connectivity index (χ2v) is 9.59. The summed E-state index contributed by atoms with van der Waals surface area (Å²) in [5.41, 5.74) is 3.87. The Bertz CT molecular complexity index is 1290. The van der Waals surface area contributed by atoms with Gasteiger partial charge in [0, 0.05) is 17.8 Å². The Morgan fingerprint density at radius 2 is 1.79 bits per heavy atom. The number of thioether (sulfide) groups is 1. The summed E-state index contributed by atoms with van der Waals surface area (Å²) in [6.07, 6.45) is -0.260. The van der Waals surface area contributed by atoms with Crippen LogP contribution in [0.5, 0.6) is 0 Å². The van der Waals surface area contributed by atoms with E-state index in [1.165, 1.54) is 9.80 Å². The molecule has 0 bridgehead atoms. The summed E-state index contributed by atoms with van der Waals surface area (Å²) < 4.78 is 0.199. The lowest BCUT2D eigenvalue weighted by molar-refractivity contribution is -0.137. The van der Waals surface area contributed by atoms with E-state index < -0.39 is 17.8 Å². The van der Waals surface area contributed by atoms with Gasteiger partial charge in [-0.3, -0.25) is 29.0 Å². The van der Waals surface area contributed by atoms with Gasteiger partial charge >= 0.3 is 5.97 Å². The van der Waals surface area contributed by atoms with Crippen molar-refractivity contribution in [2.75, 3.05) is 23.3 Å². The number of carbonyl (C=O) groups excluding carboxylic acids is 3. The Morgan fingerprint density at radius 1 is 1.06 bits per heavy atom. The van der Waals surface area contributed by atoms with Gasteiger partial charge in [-0.1, -0.05) is 59.9 Å². The molecule has 2 heterocycles. The molecule has 1 fully saturated rings. The molecule has 1 saturated heterocycles. The fourth-order valence-corrected chi connectivity index (χ4v) is 5.27. The summed E-state index contributed by atoms with van der Waals surface area (Å²) in [5, 5.41) is 11.8. The van der Waals surface area contributed by atoms with Crippen molar-refractivity contribution in [2.24, 2.45) is 0 Å². The minimum absolute atomic E-state index is 0.0748. The van der Waals surface area contributed by atoms with Gasteiger partial charge in [0.25, 0.3) is 11.8 Å². The second-order valence-electron chi connectivity index (χ2n) is 7.95. The van der Waals surface area contributed by atoms with Gasteiger partial charge in [0.2, 0.25) is 5.91 Å². The largest absolute Gasteiger partial charge is 0.481 e. The molecule has 2 aromatic carbocycles. The van der Waals surface area contributed by atoms with Gasteiger partial charge in [0.15, 0.2) is 0 Å². The van der Waals surface area contributed by atoms with Crippen LogP contribution in [-0.4, -0.2) is 51.1 Å². The highest BCUT2D eigenvalue weighted by Crippen LogP contribution is 2.44. The number of anilines is 2. The third-order valence-electron chi connectivity index (χ3n) is 5.51. The monoisotopic (exact) mass is 495 g/mol. The van der Waals surface area contributed by atoms with Gasteiger partial charge in [-0.25, -0.2) is 0 Å². The second kappa shape index (κ2) is 9.40. The molecule has 2 aliphatic heterocycles. The van der Waals surface area contributed by atoms with E-state index in [1.807, 2.05) is 32.0 Å². The van der Waals surface area contributed by atoms with E-state index in [-0.39, 0.29) is 40.2 Å².